The van der Waals surface area contributed by atoms with Gasteiger partial charge in [-0.3, -0.25) is 0 Å². The Morgan fingerprint density at radius 1 is 0.719 bits per heavy atom. The molecule has 0 spiro atoms. The van der Waals surface area contributed by atoms with Crippen molar-refractivity contribution in [2.24, 2.45) is 5.92 Å². The van der Waals surface area contributed by atoms with Crippen LogP contribution >= 0.6 is 15.9 Å². The van der Waals surface area contributed by atoms with Crippen molar-refractivity contribution >= 4 is 48.2 Å². The van der Waals surface area contributed by atoms with Gasteiger partial charge in [-0.25, -0.2) is 0 Å². The van der Waals surface area contributed by atoms with Crippen molar-refractivity contribution < 1.29 is 5.11 Å². The molecule has 1 nitrogen and oxygen atoms in total. The molecule has 0 aliphatic heterocycles. The topological polar surface area (TPSA) is 20.2 Å². The van der Waals surface area contributed by atoms with E-state index in [1.54, 1.807) is 23.3 Å². The van der Waals surface area contributed by atoms with Crippen LogP contribution in [-0.2, 0) is 12.8 Å². The minimum absolute atomic E-state index is 0.323. The van der Waals surface area contributed by atoms with Gasteiger partial charge in [0.1, 0.15) is 5.75 Å². The second-order valence-corrected chi connectivity index (χ2v) is 9.50. The van der Waals surface area contributed by atoms with E-state index in [0.29, 0.717) is 5.75 Å². The fourth-order valence-electron chi connectivity index (χ4n) is 5.02. The monoisotopic (exact) mass is 482 g/mol. The van der Waals surface area contributed by atoms with Crippen molar-refractivity contribution in [1.82, 2.24) is 0 Å². The molecule has 1 aliphatic rings. The maximum absolute atomic E-state index is 9.13. The first kappa shape index (κ1) is 21.0. The molecule has 5 aromatic rings. The van der Waals surface area contributed by atoms with Gasteiger partial charge in [0, 0.05) is 5.33 Å². The highest BCUT2D eigenvalue weighted by molar-refractivity contribution is 9.09. The number of aryl methyl sites for hydroxylation is 1. The van der Waals surface area contributed by atoms with E-state index in [1.807, 2.05) is 30.3 Å². The first-order valence-corrected chi connectivity index (χ1v) is 12.5. The van der Waals surface area contributed by atoms with Gasteiger partial charge >= 0.3 is 0 Å². The van der Waals surface area contributed by atoms with E-state index in [-0.39, 0.29) is 0 Å². The summed E-state index contributed by atoms with van der Waals surface area (Å²) in [6.07, 6.45) is 5.13. The fraction of sp³-hybridized carbons (Fsp3) is 0.200. The van der Waals surface area contributed by atoms with Gasteiger partial charge in [-0.05, 0) is 87.2 Å². The Hall–Kier alpha value is -2.84. The molecule has 5 aromatic carbocycles. The van der Waals surface area contributed by atoms with Crippen LogP contribution in [-0.4, -0.2) is 10.4 Å². The first-order valence-electron chi connectivity index (χ1n) is 11.4. The number of hydrogen-bond donors (Lipinski definition) is 1. The smallest absolute Gasteiger partial charge is 0.116 e. The van der Waals surface area contributed by atoms with Gasteiger partial charge in [-0.1, -0.05) is 94.8 Å². The van der Waals surface area contributed by atoms with Gasteiger partial charge in [0.25, 0.3) is 0 Å². The highest BCUT2D eigenvalue weighted by Crippen LogP contribution is 2.35. The predicted octanol–water partition coefficient (Wildman–Crippen LogP) is 8.43. The molecule has 1 N–H and O–H groups in total. The lowest BCUT2D eigenvalue weighted by molar-refractivity contribution is 0.451. The molecule has 0 fully saturated rings. The molecule has 1 aliphatic carbocycles. The van der Waals surface area contributed by atoms with E-state index < -0.39 is 0 Å². The molecule has 2 heteroatoms. The molecule has 1 unspecified atom stereocenters. The molecular formula is C30H27BrO. The molecule has 0 amide bonds. The van der Waals surface area contributed by atoms with Crippen molar-refractivity contribution in [1.29, 1.82) is 0 Å². The van der Waals surface area contributed by atoms with Crippen molar-refractivity contribution in [3.63, 3.8) is 0 Å². The zero-order valence-electron chi connectivity index (χ0n) is 18.1. The fourth-order valence-corrected chi connectivity index (χ4v) is 5.67. The quantitative estimate of drug-likeness (QED) is 0.197. The minimum Gasteiger partial charge on any atom is -0.508 e. The lowest BCUT2D eigenvalue weighted by atomic mass is 9.80. The van der Waals surface area contributed by atoms with Crippen LogP contribution in [0.5, 0.6) is 5.75 Å². The molecule has 0 heterocycles. The normalized spacial score (nSPS) is 15.3. The second kappa shape index (κ2) is 9.34. The van der Waals surface area contributed by atoms with Crippen molar-refractivity contribution in [2.45, 2.75) is 25.7 Å². The lowest BCUT2D eigenvalue weighted by Crippen LogP contribution is -2.15. The summed E-state index contributed by atoms with van der Waals surface area (Å²) in [7, 11) is 0. The highest BCUT2D eigenvalue weighted by Gasteiger charge is 2.20. The van der Waals surface area contributed by atoms with Crippen LogP contribution in [0.25, 0.3) is 32.3 Å². The van der Waals surface area contributed by atoms with Gasteiger partial charge in [0.05, 0.1) is 0 Å². The number of phenols is 1. The largest absolute Gasteiger partial charge is 0.508 e. The average molecular weight is 483 g/mol. The summed E-state index contributed by atoms with van der Waals surface area (Å²) in [4.78, 5) is 0. The number of benzene rings is 5. The van der Waals surface area contributed by atoms with Crippen LogP contribution < -0.4 is 0 Å². The van der Waals surface area contributed by atoms with Crippen LogP contribution in [0.4, 0.5) is 0 Å². The number of hydrogen-bond acceptors (Lipinski definition) is 1. The van der Waals surface area contributed by atoms with Gasteiger partial charge in [0.15, 0.2) is 0 Å². The third-order valence-corrected chi connectivity index (χ3v) is 7.15. The molecule has 0 saturated heterocycles. The number of fused-ring (bicyclic) bond motifs is 6. The molecule has 1 atom stereocenters. The SMILES string of the molecule is BrCCC1CCc2c(ccc3c2ccc2ccccc23)C1.Oc1ccc2ccccc2c1. The molecule has 0 radical (unpaired) electrons. The zero-order chi connectivity index (χ0) is 21.9. The van der Waals surface area contributed by atoms with Gasteiger partial charge in [0.2, 0.25) is 0 Å². The van der Waals surface area contributed by atoms with Crippen molar-refractivity contribution in [3.8, 4) is 5.75 Å². The maximum atomic E-state index is 9.13. The summed E-state index contributed by atoms with van der Waals surface area (Å²) in [6, 6.07) is 31.4. The maximum Gasteiger partial charge on any atom is 0.116 e. The Balaban J connectivity index is 0.000000165. The van der Waals surface area contributed by atoms with E-state index >= 15 is 0 Å². The van der Waals surface area contributed by atoms with E-state index in [2.05, 4.69) is 64.5 Å². The summed E-state index contributed by atoms with van der Waals surface area (Å²) in [5.41, 5.74) is 3.18. The summed E-state index contributed by atoms with van der Waals surface area (Å²) < 4.78 is 0. The van der Waals surface area contributed by atoms with Crippen LogP contribution in [0.1, 0.15) is 24.0 Å². The molecular weight excluding hydrogens is 456 g/mol. The molecule has 32 heavy (non-hydrogen) atoms. The summed E-state index contributed by atoms with van der Waals surface area (Å²) >= 11 is 3.59. The minimum atomic E-state index is 0.323. The Kier molecular flexibility index (Phi) is 6.14. The average Bonchev–Trinajstić information content (AvgIpc) is 2.84. The molecule has 0 saturated carbocycles. The van der Waals surface area contributed by atoms with Crippen LogP contribution in [0.3, 0.4) is 0 Å². The highest BCUT2D eigenvalue weighted by atomic mass is 79.9. The van der Waals surface area contributed by atoms with Crippen LogP contribution in [0, 0.1) is 5.92 Å². The third kappa shape index (κ3) is 4.25. The lowest BCUT2D eigenvalue weighted by Gasteiger charge is -2.25. The number of rotatable bonds is 2. The number of phenolic OH excluding ortho intramolecular Hbond substituents is 1. The van der Waals surface area contributed by atoms with Crippen LogP contribution in [0.2, 0.25) is 0 Å². The molecule has 0 bridgehead atoms. The van der Waals surface area contributed by atoms with Gasteiger partial charge in [-0.15, -0.1) is 0 Å². The zero-order valence-corrected chi connectivity index (χ0v) is 19.7. The molecule has 6 rings (SSSR count). The summed E-state index contributed by atoms with van der Waals surface area (Å²) in [5.74, 6) is 1.18. The number of alkyl halides is 1. The summed E-state index contributed by atoms with van der Waals surface area (Å²) in [5, 5.41) is 18.1. The van der Waals surface area contributed by atoms with E-state index in [1.165, 1.54) is 47.2 Å². The van der Waals surface area contributed by atoms with Crippen LogP contribution in [0.15, 0.2) is 91.0 Å². The van der Waals surface area contributed by atoms with Crippen molar-refractivity contribution in [2.75, 3.05) is 5.33 Å². The number of halogens is 1. The number of aromatic hydroxyl groups is 1. The standard InChI is InChI=1S/C20H19Br.C10H8O/c21-12-11-14-5-8-18-16(13-14)7-10-19-17-4-2-1-3-15(17)6-9-20(18)19;11-10-6-5-8-3-1-2-4-9(8)7-10/h1-4,6-7,9-10,14H,5,8,11-13H2;1-7,11H. The van der Waals surface area contributed by atoms with Crippen molar-refractivity contribution in [3.05, 3.63) is 102 Å². The summed E-state index contributed by atoms with van der Waals surface area (Å²) in [6.45, 7) is 0. The second-order valence-electron chi connectivity index (χ2n) is 8.70. The Bertz CT molecular complexity index is 1390. The van der Waals surface area contributed by atoms with E-state index in [9.17, 15) is 0 Å². The van der Waals surface area contributed by atoms with E-state index in [4.69, 9.17) is 5.11 Å². The third-order valence-electron chi connectivity index (χ3n) is 6.70. The van der Waals surface area contributed by atoms with Gasteiger partial charge < -0.3 is 5.11 Å². The van der Waals surface area contributed by atoms with Gasteiger partial charge in [-0.2, -0.15) is 0 Å². The molecule has 0 aromatic heterocycles. The Labute approximate surface area is 197 Å². The Morgan fingerprint density at radius 2 is 1.44 bits per heavy atom. The Morgan fingerprint density at radius 3 is 2.28 bits per heavy atom. The van der Waals surface area contributed by atoms with E-state index in [0.717, 1.165) is 22.0 Å². The molecule has 160 valence electrons. The predicted molar refractivity (Wildman–Crippen MR) is 141 cm³/mol. The first-order chi connectivity index (χ1) is 15.7.